The Kier molecular flexibility index (Phi) is 4.32. The highest BCUT2D eigenvalue weighted by Gasteiger charge is 2.06. The van der Waals surface area contributed by atoms with Crippen LogP contribution in [0.15, 0.2) is 48.5 Å². The van der Waals surface area contributed by atoms with Gasteiger partial charge in [0.25, 0.3) is 5.69 Å². The topological polar surface area (TPSA) is 69.4 Å². The van der Waals surface area contributed by atoms with Crippen molar-refractivity contribution in [3.8, 4) is 11.5 Å². The number of non-ortho nitro benzene ring substituents is 1. The van der Waals surface area contributed by atoms with Crippen molar-refractivity contribution in [3.63, 3.8) is 0 Å². The molecule has 0 fully saturated rings. The van der Waals surface area contributed by atoms with Crippen LogP contribution in [0.2, 0.25) is 0 Å². The van der Waals surface area contributed by atoms with E-state index < -0.39 is 4.92 Å². The highest BCUT2D eigenvalue weighted by molar-refractivity contribution is 6.30. The zero-order chi connectivity index (χ0) is 14.5. The molecule has 0 aliphatic rings. The third-order valence-electron chi connectivity index (χ3n) is 2.58. The molecule has 0 radical (unpaired) electrons. The third-order valence-corrected chi connectivity index (χ3v) is 2.82. The second kappa shape index (κ2) is 6.16. The molecule has 0 bridgehead atoms. The van der Waals surface area contributed by atoms with Gasteiger partial charge >= 0.3 is 0 Å². The quantitative estimate of drug-likeness (QED) is 0.363. The number of Topliss-reactive ketones (excluding diaryl/α,β-unsaturated/α-hetero) is 1. The summed E-state index contributed by atoms with van der Waals surface area (Å²) in [6.07, 6.45) is 0. The van der Waals surface area contributed by atoms with Gasteiger partial charge < -0.3 is 4.74 Å². The maximum absolute atomic E-state index is 11.3. The molecule has 2 aromatic rings. The minimum atomic E-state index is -0.476. The summed E-state index contributed by atoms with van der Waals surface area (Å²) in [5, 5.41) is 10.5. The van der Waals surface area contributed by atoms with Crippen molar-refractivity contribution in [2.45, 2.75) is 0 Å². The molecule has 6 heteroatoms. The Hall–Kier alpha value is -2.40. The van der Waals surface area contributed by atoms with E-state index in [4.69, 9.17) is 16.3 Å². The SMILES string of the molecule is O=C(CCl)c1ccc(Oc2ccc([N+](=O)[O-])cc2)cc1. The summed E-state index contributed by atoms with van der Waals surface area (Å²) in [7, 11) is 0. The van der Waals surface area contributed by atoms with Gasteiger partial charge in [-0.3, -0.25) is 14.9 Å². The Morgan fingerprint density at radius 1 is 1.05 bits per heavy atom. The van der Waals surface area contributed by atoms with Crippen molar-refractivity contribution in [3.05, 3.63) is 64.2 Å². The number of ether oxygens (including phenoxy) is 1. The molecule has 0 aromatic heterocycles. The first kappa shape index (κ1) is 14.0. The van der Waals surface area contributed by atoms with Crippen LogP contribution in [-0.2, 0) is 0 Å². The Morgan fingerprint density at radius 2 is 1.55 bits per heavy atom. The van der Waals surface area contributed by atoms with Gasteiger partial charge in [0.1, 0.15) is 11.5 Å². The highest BCUT2D eigenvalue weighted by atomic mass is 35.5. The zero-order valence-electron chi connectivity index (χ0n) is 10.3. The summed E-state index contributed by atoms with van der Waals surface area (Å²) in [5.41, 5.74) is 0.511. The lowest BCUT2D eigenvalue weighted by Crippen LogP contribution is -1.99. The first-order valence-corrected chi connectivity index (χ1v) is 6.25. The molecule has 102 valence electrons. The molecule has 0 atom stereocenters. The van der Waals surface area contributed by atoms with Crippen molar-refractivity contribution in [2.75, 3.05) is 5.88 Å². The molecular formula is C14H10ClNO4. The van der Waals surface area contributed by atoms with Crippen LogP contribution in [0.3, 0.4) is 0 Å². The number of nitrogens with zero attached hydrogens (tertiary/aromatic N) is 1. The number of rotatable bonds is 5. The molecule has 20 heavy (non-hydrogen) atoms. The monoisotopic (exact) mass is 291 g/mol. The molecule has 0 saturated carbocycles. The molecule has 0 saturated heterocycles. The Labute approximate surface area is 119 Å². The van der Waals surface area contributed by atoms with Crippen LogP contribution in [0.5, 0.6) is 11.5 Å². The van der Waals surface area contributed by atoms with Gasteiger partial charge in [-0.05, 0) is 36.4 Å². The molecule has 2 aromatic carbocycles. The smallest absolute Gasteiger partial charge is 0.269 e. The van der Waals surface area contributed by atoms with E-state index in [1.165, 1.54) is 24.3 Å². The summed E-state index contributed by atoms with van der Waals surface area (Å²) in [5.74, 6) is 0.785. The normalized spacial score (nSPS) is 10.1. The van der Waals surface area contributed by atoms with Crippen molar-refractivity contribution < 1.29 is 14.5 Å². The van der Waals surface area contributed by atoms with Gasteiger partial charge in [-0.1, -0.05) is 0 Å². The number of nitro benzene ring substituents is 1. The van der Waals surface area contributed by atoms with E-state index in [-0.39, 0.29) is 17.4 Å². The van der Waals surface area contributed by atoms with Crippen LogP contribution >= 0.6 is 11.6 Å². The minimum Gasteiger partial charge on any atom is -0.457 e. The van der Waals surface area contributed by atoms with E-state index in [2.05, 4.69) is 0 Å². The Bertz CT molecular complexity index is 623. The van der Waals surface area contributed by atoms with E-state index in [0.29, 0.717) is 17.1 Å². The Morgan fingerprint density at radius 3 is 2.00 bits per heavy atom. The molecule has 0 heterocycles. The maximum Gasteiger partial charge on any atom is 0.269 e. The maximum atomic E-state index is 11.3. The number of nitro groups is 1. The number of carbonyl (C=O) groups is 1. The zero-order valence-corrected chi connectivity index (χ0v) is 11.0. The van der Waals surface area contributed by atoms with E-state index in [1.807, 2.05) is 0 Å². The first-order valence-electron chi connectivity index (χ1n) is 5.71. The summed E-state index contributed by atoms with van der Waals surface area (Å²) in [6.45, 7) is 0. The number of benzene rings is 2. The molecule has 0 aliphatic carbocycles. The molecular weight excluding hydrogens is 282 g/mol. The molecule has 5 nitrogen and oxygen atoms in total. The van der Waals surface area contributed by atoms with Gasteiger partial charge in [-0.2, -0.15) is 0 Å². The van der Waals surface area contributed by atoms with Crippen molar-refractivity contribution in [2.24, 2.45) is 0 Å². The van der Waals surface area contributed by atoms with Gasteiger partial charge in [-0.25, -0.2) is 0 Å². The van der Waals surface area contributed by atoms with E-state index >= 15 is 0 Å². The van der Waals surface area contributed by atoms with Crippen LogP contribution in [0, 0.1) is 10.1 Å². The van der Waals surface area contributed by atoms with Gasteiger partial charge in [-0.15, -0.1) is 11.6 Å². The number of ketones is 1. The van der Waals surface area contributed by atoms with Crippen LogP contribution in [0.1, 0.15) is 10.4 Å². The van der Waals surface area contributed by atoms with Crippen LogP contribution in [0.25, 0.3) is 0 Å². The summed E-state index contributed by atoms with van der Waals surface area (Å²) in [6, 6.07) is 12.3. The first-order chi connectivity index (χ1) is 9.60. The van der Waals surface area contributed by atoms with Gasteiger partial charge in [0, 0.05) is 17.7 Å². The number of hydrogen-bond acceptors (Lipinski definition) is 4. The molecule has 0 unspecified atom stereocenters. The number of carbonyl (C=O) groups excluding carboxylic acids is 1. The molecule has 0 spiro atoms. The van der Waals surface area contributed by atoms with Crippen molar-refractivity contribution in [1.82, 2.24) is 0 Å². The fourth-order valence-electron chi connectivity index (χ4n) is 1.56. The number of hydrogen-bond donors (Lipinski definition) is 0. The molecule has 0 aliphatic heterocycles. The van der Waals surface area contributed by atoms with Crippen LogP contribution in [-0.4, -0.2) is 16.6 Å². The fraction of sp³-hybridized carbons (Fsp3) is 0.0714. The lowest BCUT2D eigenvalue weighted by atomic mass is 10.1. The third kappa shape index (κ3) is 3.33. The summed E-state index contributed by atoms with van der Waals surface area (Å²) >= 11 is 5.46. The van der Waals surface area contributed by atoms with Crippen molar-refractivity contribution in [1.29, 1.82) is 0 Å². The summed E-state index contributed by atoms with van der Waals surface area (Å²) < 4.78 is 5.51. The van der Waals surface area contributed by atoms with Gasteiger partial charge in [0.2, 0.25) is 0 Å². The average molecular weight is 292 g/mol. The standard InChI is InChI=1S/C14H10ClNO4/c15-9-14(17)10-1-5-12(6-2-10)20-13-7-3-11(4-8-13)16(18)19/h1-8H,9H2. The fourth-order valence-corrected chi connectivity index (χ4v) is 1.71. The van der Waals surface area contributed by atoms with Gasteiger partial charge in [0.05, 0.1) is 10.8 Å². The van der Waals surface area contributed by atoms with E-state index in [1.54, 1.807) is 24.3 Å². The lowest BCUT2D eigenvalue weighted by Gasteiger charge is -2.06. The van der Waals surface area contributed by atoms with Crippen LogP contribution < -0.4 is 4.74 Å². The molecule has 0 amide bonds. The van der Waals surface area contributed by atoms with Crippen LogP contribution in [0.4, 0.5) is 5.69 Å². The highest BCUT2D eigenvalue weighted by Crippen LogP contribution is 2.24. The molecule has 0 N–H and O–H groups in total. The predicted octanol–water partition coefficient (Wildman–Crippen LogP) is 3.81. The average Bonchev–Trinajstić information content (AvgIpc) is 2.48. The summed E-state index contributed by atoms with van der Waals surface area (Å²) in [4.78, 5) is 21.4. The second-order valence-corrected chi connectivity index (χ2v) is 4.20. The van der Waals surface area contributed by atoms with E-state index in [9.17, 15) is 14.9 Å². The lowest BCUT2D eigenvalue weighted by molar-refractivity contribution is -0.384. The molecule has 2 rings (SSSR count). The predicted molar refractivity (Wildman–Crippen MR) is 74.7 cm³/mol. The van der Waals surface area contributed by atoms with E-state index in [0.717, 1.165) is 0 Å². The van der Waals surface area contributed by atoms with Gasteiger partial charge in [0.15, 0.2) is 5.78 Å². The Balaban J connectivity index is 2.10. The minimum absolute atomic E-state index is 0.000377. The second-order valence-electron chi connectivity index (χ2n) is 3.93. The number of halogens is 1. The number of alkyl halides is 1. The largest absolute Gasteiger partial charge is 0.457 e. The van der Waals surface area contributed by atoms with Crippen molar-refractivity contribution >= 4 is 23.1 Å².